The Morgan fingerprint density at radius 3 is 2.65 bits per heavy atom. The first-order valence-corrected chi connectivity index (χ1v) is 9.07. The number of rotatable bonds is 3. The van der Waals surface area contributed by atoms with Gasteiger partial charge in [0.2, 0.25) is 0 Å². The number of aromatic nitrogens is 4. The van der Waals surface area contributed by atoms with Crippen molar-refractivity contribution in [2.24, 2.45) is 0 Å². The van der Waals surface area contributed by atoms with Crippen LogP contribution in [0.25, 0.3) is 5.82 Å². The molecule has 26 heavy (non-hydrogen) atoms. The van der Waals surface area contributed by atoms with Crippen LogP contribution in [0.1, 0.15) is 36.8 Å². The number of carbonyl (C=O) groups excluding carboxylic acids is 1. The fourth-order valence-corrected chi connectivity index (χ4v) is 2.78. The van der Waals surface area contributed by atoms with Crippen molar-refractivity contribution in [1.82, 2.24) is 19.7 Å². The first kappa shape index (κ1) is 18.5. The summed E-state index contributed by atoms with van der Waals surface area (Å²) in [6.45, 7) is 6.16. The Bertz CT molecular complexity index is 950. The van der Waals surface area contributed by atoms with Gasteiger partial charge in [0.05, 0.1) is 11.3 Å². The van der Waals surface area contributed by atoms with Crippen LogP contribution in [0.4, 0.5) is 5.82 Å². The normalized spacial score (nSPS) is 11.4. The molecule has 8 heteroatoms. The molecular formula is C18H17BrClN5O. The molecule has 3 rings (SSSR count). The summed E-state index contributed by atoms with van der Waals surface area (Å²) in [5.41, 5.74) is 0.915. The van der Waals surface area contributed by atoms with Gasteiger partial charge in [0, 0.05) is 28.3 Å². The Kier molecular flexibility index (Phi) is 5.11. The SMILES string of the molecule is CC(C)(C)c1cc(NC(=O)c2cc(Br)cnc2Cl)n(-c2ccccn2)n1. The number of nitrogens with one attached hydrogen (secondary N) is 1. The fraction of sp³-hybridized carbons (Fsp3) is 0.222. The molecule has 0 saturated heterocycles. The van der Waals surface area contributed by atoms with E-state index in [4.69, 9.17) is 11.6 Å². The zero-order chi connectivity index (χ0) is 18.9. The van der Waals surface area contributed by atoms with E-state index in [9.17, 15) is 4.79 Å². The van der Waals surface area contributed by atoms with Crippen molar-refractivity contribution < 1.29 is 4.79 Å². The molecule has 6 nitrogen and oxygen atoms in total. The monoisotopic (exact) mass is 433 g/mol. The van der Waals surface area contributed by atoms with Crippen molar-refractivity contribution in [3.63, 3.8) is 0 Å². The molecule has 134 valence electrons. The van der Waals surface area contributed by atoms with Crippen LogP contribution in [-0.2, 0) is 5.41 Å². The first-order valence-electron chi connectivity index (χ1n) is 7.90. The highest BCUT2D eigenvalue weighted by atomic mass is 79.9. The van der Waals surface area contributed by atoms with E-state index in [0.717, 1.165) is 5.69 Å². The highest BCUT2D eigenvalue weighted by Crippen LogP contribution is 2.27. The van der Waals surface area contributed by atoms with E-state index in [2.05, 4.69) is 57.1 Å². The lowest BCUT2D eigenvalue weighted by molar-refractivity contribution is 0.102. The number of anilines is 1. The molecule has 0 aliphatic rings. The number of hydrogen-bond acceptors (Lipinski definition) is 4. The second-order valence-electron chi connectivity index (χ2n) is 6.71. The molecule has 0 unspecified atom stereocenters. The summed E-state index contributed by atoms with van der Waals surface area (Å²) in [5.74, 6) is 0.743. The number of hydrogen-bond donors (Lipinski definition) is 1. The molecule has 1 N–H and O–H groups in total. The van der Waals surface area contributed by atoms with Gasteiger partial charge in [-0.2, -0.15) is 9.78 Å². The lowest BCUT2D eigenvalue weighted by Gasteiger charge is -2.13. The maximum atomic E-state index is 12.7. The Morgan fingerprint density at radius 2 is 2.00 bits per heavy atom. The minimum Gasteiger partial charge on any atom is -0.306 e. The summed E-state index contributed by atoms with van der Waals surface area (Å²) in [7, 11) is 0. The third kappa shape index (κ3) is 3.94. The van der Waals surface area contributed by atoms with E-state index in [1.165, 1.54) is 6.20 Å². The van der Waals surface area contributed by atoms with E-state index >= 15 is 0 Å². The average molecular weight is 435 g/mol. The second-order valence-corrected chi connectivity index (χ2v) is 7.98. The Hall–Kier alpha value is -2.25. The Balaban J connectivity index is 2.02. The van der Waals surface area contributed by atoms with Crippen molar-refractivity contribution in [1.29, 1.82) is 0 Å². The molecule has 0 bridgehead atoms. The third-order valence-electron chi connectivity index (χ3n) is 3.64. The van der Waals surface area contributed by atoms with Crippen molar-refractivity contribution in [2.75, 3.05) is 5.32 Å². The van der Waals surface area contributed by atoms with Gasteiger partial charge in [0.15, 0.2) is 5.82 Å². The van der Waals surface area contributed by atoms with E-state index in [1.54, 1.807) is 16.9 Å². The summed E-state index contributed by atoms with van der Waals surface area (Å²) in [4.78, 5) is 21.0. The van der Waals surface area contributed by atoms with Crippen LogP contribution in [-0.4, -0.2) is 25.7 Å². The molecule has 0 fully saturated rings. The summed E-state index contributed by atoms with van der Waals surface area (Å²) < 4.78 is 2.28. The molecule has 0 aliphatic heterocycles. The minimum atomic E-state index is -0.374. The first-order chi connectivity index (χ1) is 12.3. The van der Waals surface area contributed by atoms with Crippen LogP contribution in [0.5, 0.6) is 0 Å². The highest BCUT2D eigenvalue weighted by molar-refractivity contribution is 9.10. The predicted octanol–water partition coefficient (Wildman–Crippen LogP) is 4.63. The summed E-state index contributed by atoms with van der Waals surface area (Å²) >= 11 is 9.37. The average Bonchev–Trinajstić information content (AvgIpc) is 3.02. The van der Waals surface area contributed by atoms with Gasteiger partial charge in [-0.1, -0.05) is 38.4 Å². The highest BCUT2D eigenvalue weighted by Gasteiger charge is 2.23. The lowest BCUT2D eigenvalue weighted by Crippen LogP contribution is -2.16. The molecule has 1 amide bonds. The summed E-state index contributed by atoms with van der Waals surface area (Å²) in [5, 5.41) is 7.61. The second kappa shape index (κ2) is 7.17. The summed E-state index contributed by atoms with van der Waals surface area (Å²) in [6.07, 6.45) is 3.21. The van der Waals surface area contributed by atoms with Crippen LogP contribution >= 0.6 is 27.5 Å². The van der Waals surface area contributed by atoms with Gasteiger partial charge in [-0.15, -0.1) is 0 Å². The molecule has 0 radical (unpaired) electrons. The minimum absolute atomic E-state index is 0.130. The quantitative estimate of drug-likeness (QED) is 0.610. The maximum absolute atomic E-state index is 12.7. The molecule has 0 saturated carbocycles. The molecule has 0 spiro atoms. The topological polar surface area (TPSA) is 72.7 Å². The molecule has 0 aromatic carbocycles. The van der Waals surface area contributed by atoms with E-state index in [-0.39, 0.29) is 22.0 Å². The zero-order valence-corrected chi connectivity index (χ0v) is 16.8. The van der Waals surface area contributed by atoms with E-state index < -0.39 is 0 Å². The largest absolute Gasteiger partial charge is 0.306 e. The zero-order valence-electron chi connectivity index (χ0n) is 14.5. The van der Waals surface area contributed by atoms with Crippen LogP contribution in [0.2, 0.25) is 5.15 Å². The lowest BCUT2D eigenvalue weighted by atomic mass is 9.92. The van der Waals surface area contributed by atoms with E-state index in [0.29, 0.717) is 16.1 Å². The molecule has 3 heterocycles. The number of carbonyl (C=O) groups is 1. The molecule has 3 aromatic heterocycles. The van der Waals surface area contributed by atoms with Gasteiger partial charge >= 0.3 is 0 Å². The van der Waals surface area contributed by atoms with Crippen molar-refractivity contribution in [2.45, 2.75) is 26.2 Å². The van der Waals surface area contributed by atoms with Gasteiger partial charge in [-0.25, -0.2) is 9.97 Å². The van der Waals surface area contributed by atoms with Gasteiger partial charge < -0.3 is 5.32 Å². The number of amides is 1. The van der Waals surface area contributed by atoms with Crippen molar-refractivity contribution in [3.8, 4) is 5.82 Å². The Morgan fingerprint density at radius 1 is 1.23 bits per heavy atom. The van der Waals surface area contributed by atoms with Crippen LogP contribution in [0.15, 0.2) is 47.2 Å². The van der Waals surface area contributed by atoms with Gasteiger partial charge in [-0.3, -0.25) is 4.79 Å². The fourth-order valence-electron chi connectivity index (χ4n) is 2.26. The smallest absolute Gasteiger partial charge is 0.259 e. The van der Waals surface area contributed by atoms with E-state index in [1.807, 2.05) is 24.3 Å². The molecule has 3 aromatic rings. The Labute approximate surface area is 164 Å². The van der Waals surface area contributed by atoms with Crippen LogP contribution in [0.3, 0.4) is 0 Å². The molecule has 0 atom stereocenters. The van der Waals surface area contributed by atoms with Crippen molar-refractivity contribution >= 4 is 39.3 Å². The van der Waals surface area contributed by atoms with Gasteiger partial charge in [-0.05, 0) is 34.1 Å². The number of nitrogens with zero attached hydrogens (tertiary/aromatic N) is 4. The molecule has 0 aliphatic carbocycles. The number of halogens is 2. The number of pyridine rings is 2. The third-order valence-corrected chi connectivity index (χ3v) is 4.37. The summed E-state index contributed by atoms with van der Waals surface area (Å²) in [6, 6.07) is 8.97. The van der Waals surface area contributed by atoms with Gasteiger partial charge in [0.1, 0.15) is 11.0 Å². The maximum Gasteiger partial charge on any atom is 0.259 e. The van der Waals surface area contributed by atoms with Crippen LogP contribution < -0.4 is 5.32 Å². The predicted molar refractivity (Wildman–Crippen MR) is 105 cm³/mol. The molecular weight excluding hydrogens is 418 g/mol. The standard InChI is InChI=1S/C18H17BrClN5O/c1-18(2,3)13-9-15(25(24-13)14-6-4-5-7-21-14)23-17(26)12-8-11(19)10-22-16(12)20/h4-10H,1-3H3,(H,23,26). The van der Waals surface area contributed by atoms with Crippen molar-refractivity contribution in [3.05, 3.63) is 63.6 Å². The van der Waals surface area contributed by atoms with Gasteiger partial charge in [0.25, 0.3) is 5.91 Å². The van der Waals surface area contributed by atoms with Crippen LogP contribution in [0, 0.1) is 0 Å².